The number of benzene rings is 1. The summed E-state index contributed by atoms with van der Waals surface area (Å²) in [6.07, 6.45) is -4.53. The van der Waals surface area contributed by atoms with Gasteiger partial charge in [0.1, 0.15) is 17.5 Å². The first-order valence-electron chi connectivity index (χ1n) is 11.3. The lowest BCUT2D eigenvalue weighted by Crippen LogP contribution is -2.49. The molecule has 2 aromatic rings. The van der Waals surface area contributed by atoms with Gasteiger partial charge in [0.25, 0.3) is 5.91 Å². The zero-order valence-corrected chi connectivity index (χ0v) is 19.7. The van der Waals surface area contributed by atoms with Gasteiger partial charge in [0.15, 0.2) is 0 Å². The zero-order valence-electron chi connectivity index (χ0n) is 19.7. The van der Waals surface area contributed by atoms with Crippen LogP contribution in [0.2, 0.25) is 0 Å². The van der Waals surface area contributed by atoms with Gasteiger partial charge in [-0.15, -0.1) is 0 Å². The third-order valence-corrected chi connectivity index (χ3v) is 5.74. The standard InChI is InChI=1S/C24H27F3N4O5/c1-14-5-7-16(8-6-14)20(15(2)29-22(33)24(25,26)27)36-18-9-10-19(28-12-18)21(32)30-17-4-3-11-31(13-17)23(34)35/h5-10,12,15,17,20H,3-4,11,13H2,1-2H3,(H,29,33)(H,30,32)(H,34,35)/t15-,17-,20-/m0/s1. The Labute approximate surface area is 205 Å². The van der Waals surface area contributed by atoms with Crippen molar-refractivity contribution in [1.29, 1.82) is 0 Å². The number of carboxylic acid groups (broad SMARTS) is 1. The Morgan fingerprint density at radius 3 is 2.44 bits per heavy atom. The summed E-state index contributed by atoms with van der Waals surface area (Å²) < 4.78 is 44.2. The maximum atomic E-state index is 12.8. The molecule has 0 saturated carbocycles. The SMILES string of the molecule is Cc1ccc([C@@H](Oc2ccc(C(=O)N[C@H]3CCCN(C(=O)O)C3)nc2)[C@H](C)NC(=O)C(F)(F)F)cc1. The molecule has 0 aliphatic carbocycles. The van der Waals surface area contributed by atoms with Crippen LogP contribution in [0.1, 0.15) is 47.5 Å². The molecule has 0 unspecified atom stereocenters. The van der Waals surface area contributed by atoms with Gasteiger partial charge in [0.05, 0.1) is 12.2 Å². The lowest BCUT2D eigenvalue weighted by atomic mass is 10.0. The van der Waals surface area contributed by atoms with E-state index in [0.717, 1.165) is 5.56 Å². The summed E-state index contributed by atoms with van der Waals surface area (Å²) in [7, 11) is 0. The van der Waals surface area contributed by atoms with E-state index in [1.54, 1.807) is 24.3 Å². The van der Waals surface area contributed by atoms with Crippen LogP contribution in [-0.4, -0.2) is 64.2 Å². The van der Waals surface area contributed by atoms with Gasteiger partial charge in [-0.2, -0.15) is 13.2 Å². The van der Waals surface area contributed by atoms with Crippen LogP contribution in [0.5, 0.6) is 5.75 Å². The van der Waals surface area contributed by atoms with E-state index in [9.17, 15) is 27.6 Å². The van der Waals surface area contributed by atoms with Crippen molar-refractivity contribution in [2.45, 2.75) is 51.1 Å². The van der Waals surface area contributed by atoms with Gasteiger partial charge < -0.3 is 25.4 Å². The Kier molecular flexibility index (Phi) is 8.38. The maximum Gasteiger partial charge on any atom is 0.471 e. The predicted molar refractivity (Wildman–Crippen MR) is 123 cm³/mol. The summed E-state index contributed by atoms with van der Waals surface area (Å²) >= 11 is 0. The molecule has 36 heavy (non-hydrogen) atoms. The van der Waals surface area contributed by atoms with E-state index in [1.807, 2.05) is 12.2 Å². The molecule has 3 amide bonds. The summed E-state index contributed by atoms with van der Waals surface area (Å²) in [5, 5.41) is 13.8. The largest absolute Gasteiger partial charge is 0.482 e. The fourth-order valence-corrected chi connectivity index (χ4v) is 3.84. The van der Waals surface area contributed by atoms with Crippen molar-refractivity contribution in [3.8, 4) is 5.75 Å². The second-order valence-electron chi connectivity index (χ2n) is 8.63. The van der Waals surface area contributed by atoms with Gasteiger partial charge in [0.2, 0.25) is 0 Å². The van der Waals surface area contributed by atoms with Gasteiger partial charge in [-0.1, -0.05) is 29.8 Å². The molecule has 194 valence electrons. The minimum absolute atomic E-state index is 0.0695. The molecule has 2 heterocycles. The van der Waals surface area contributed by atoms with Crippen LogP contribution >= 0.6 is 0 Å². The van der Waals surface area contributed by atoms with Crippen LogP contribution < -0.4 is 15.4 Å². The van der Waals surface area contributed by atoms with E-state index < -0.39 is 36.2 Å². The Hall–Kier alpha value is -3.83. The summed E-state index contributed by atoms with van der Waals surface area (Å²) in [6.45, 7) is 3.85. The van der Waals surface area contributed by atoms with Crippen LogP contribution in [-0.2, 0) is 4.79 Å². The van der Waals surface area contributed by atoms with E-state index in [2.05, 4.69) is 10.3 Å². The number of amides is 3. The third-order valence-electron chi connectivity index (χ3n) is 5.74. The first-order chi connectivity index (χ1) is 16.9. The molecule has 1 aliphatic rings. The van der Waals surface area contributed by atoms with Crippen LogP contribution in [0.25, 0.3) is 0 Å². The predicted octanol–water partition coefficient (Wildman–Crippen LogP) is 3.45. The average molecular weight is 508 g/mol. The number of carbonyl (C=O) groups is 3. The van der Waals surface area contributed by atoms with E-state index in [1.165, 1.54) is 30.2 Å². The highest BCUT2D eigenvalue weighted by Crippen LogP contribution is 2.26. The molecular weight excluding hydrogens is 481 g/mol. The molecule has 0 radical (unpaired) electrons. The molecule has 0 bridgehead atoms. The van der Waals surface area contributed by atoms with Gasteiger partial charge >= 0.3 is 18.2 Å². The molecule has 0 spiro atoms. The maximum absolute atomic E-state index is 12.8. The van der Waals surface area contributed by atoms with Crippen molar-refractivity contribution in [3.63, 3.8) is 0 Å². The fraction of sp³-hybridized carbons (Fsp3) is 0.417. The first-order valence-corrected chi connectivity index (χ1v) is 11.3. The van der Waals surface area contributed by atoms with Gasteiger partial charge in [-0.3, -0.25) is 9.59 Å². The number of rotatable bonds is 7. The molecular formula is C24H27F3N4O5. The average Bonchev–Trinajstić information content (AvgIpc) is 2.83. The summed E-state index contributed by atoms with van der Waals surface area (Å²) in [5.41, 5.74) is 1.55. The molecule has 12 heteroatoms. The molecule has 1 fully saturated rings. The lowest BCUT2D eigenvalue weighted by molar-refractivity contribution is -0.174. The number of nitrogens with one attached hydrogen (secondary N) is 2. The molecule has 1 saturated heterocycles. The second-order valence-corrected chi connectivity index (χ2v) is 8.63. The van der Waals surface area contributed by atoms with Crippen molar-refractivity contribution in [3.05, 3.63) is 59.4 Å². The van der Waals surface area contributed by atoms with Gasteiger partial charge in [-0.25, -0.2) is 9.78 Å². The van der Waals surface area contributed by atoms with Crippen molar-refractivity contribution in [1.82, 2.24) is 20.5 Å². The number of nitrogens with zero attached hydrogens (tertiary/aromatic N) is 2. The summed E-state index contributed by atoms with van der Waals surface area (Å²) in [5.74, 6) is -2.38. The summed E-state index contributed by atoms with van der Waals surface area (Å²) in [6, 6.07) is 8.38. The van der Waals surface area contributed by atoms with E-state index >= 15 is 0 Å². The highest BCUT2D eigenvalue weighted by atomic mass is 19.4. The number of aryl methyl sites for hydroxylation is 1. The fourth-order valence-electron chi connectivity index (χ4n) is 3.84. The highest BCUT2D eigenvalue weighted by Gasteiger charge is 2.40. The van der Waals surface area contributed by atoms with Gasteiger partial charge in [-0.05, 0) is 44.4 Å². The highest BCUT2D eigenvalue weighted by molar-refractivity contribution is 5.92. The van der Waals surface area contributed by atoms with Gasteiger partial charge in [0, 0.05) is 19.1 Å². The Balaban J connectivity index is 1.70. The molecule has 9 nitrogen and oxygen atoms in total. The van der Waals surface area contributed by atoms with Crippen molar-refractivity contribution in [2.24, 2.45) is 0 Å². The van der Waals surface area contributed by atoms with Crippen molar-refractivity contribution in [2.75, 3.05) is 13.1 Å². The molecule has 3 N–H and O–H groups in total. The smallest absolute Gasteiger partial charge is 0.471 e. The number of hydrogen-bond acceptors (Lipinski definition) is 5. The molecule has 1 aliphatic heterocycles. The van der Waals surface area contributed by atoms with E-state index in [-0.39, 0.29) is 24.0 Å². The van der Waals surface area contributed by atoms with Crippen molar-refractivity contribution < 1.29 is 37.4 Å². The first kappa shape index (κ1) is 26.8. The summed E-state index contributed by atoms with van der Waals surface area (Å²) in [4.78, 5) is 40.5. The second kappa shape index (κ2) is 11.3. The minimum Gasteiger partial charge on any atom is -0.482 e. The number of pyridine rings is 1. The number of aromatic nitrogens is 1. The van der Waals surface area contributed by atoms with E-state index in [0.29, 0.717) is 24.9 Å². The normalized spacial score (nSPS) is 17.6. The number of ether oxygens (including phenoxy) is 1. The van der Waals surface area contributed by atoms with Crippen LogP contribution in [0, 0.1) is 6.92 Å². The van der Waals surface area contributed by atoms with Crippen molar-refractivity contribution >= 4 is 17.9 Å². The Morgan fingerprint density at radius 1 is 1.17 bits per heavy atom. The number of likely N-dealkylation sites (tertiary alicyclic amines) is 1. The van der Waals surface area contributed by atoms with Crippen LogP contribution in [0.3, 0.4) is 0 Å². The van der Waals surface area contributed by atoms with Crippen LogP contribution in [0.15, 0.2) is 42.6 Å². The minimum atomic E-state index is -5.04. The number of hydrogen-bond donors (Lipinski definition) is 3. The zero-order chi connectivity index (χ0) is 26.5. The molecule has 3 atom stereocenters. The number of piperidine rings is 1. The third kappa shape index (κ3) is 7.09. The number of halogens is 3. The molecule has 1 aromatic heterocycles. The number of alkyl halides is 3. The van der Waals surface area contributed by atoms with Crippen LogP contribution in [0.4, 0.5) is 18.0 Å². The van der Waals surface area contributed by atoms with E-state index in [4.69, 9.17) is 9.84 Å². The molecule has 1 aromatic carbocycles. The Morgan fingerprint density at radius 2 is 1.86 bits per heavy atom. The quantitative estimate of drug-likeness (QED) is 0.527. The lowest BCUT2D eigenvalue weighted by Gasteiger charge is -2.31. The molecule has 3 rings (SSSR count). The monoisotopic (exact) mass is 508 g/mol. The topological polar surface area (TPSA) is 121 Å². The Bertz CT molecular complexity index is 1080. The number of carbonyl (C=O) groups excluding carboxylic acids is 2.